The maximum atomic E-state index is 5.60. The third kappa shape index (κ3) is 4.04. The zero-order valence-electron chi connectivity index (χ0n) is 12.3. The number of benzene rings is 1. The van der Waals surface area contributed by atoms with Crippen molar-refractivity contribution in [1.29, 1.82) is 0 Å². The third-order valence-corrected chi connectivity index (χ3v) is 3.17. The molecule has 0 bridgehead atoms. The molecule has 0 fully saturated rings. The molecule has 0 radical (unpaired) electrons. The Hall–Kier alpha value is -1.89. The minimum Gasteiger partial charge on any atom is -0.496 e. The summed E-state index contributed by atoms with van der Waals surface area (Å²) in [6.07, 6.45) is 1.67. The largest absolute Gasteiger partial charge is 0.496 e. The summed E-state index contributed by atoms with van der Waals surface area (Å²) in [4.78, 5) is 6.68. The number of nitrogens with two attached hydrogens (primary N) is 2. The van der Waals surface area contributed by atoms with E-state index < -0.39 is 0 Å². The van der Waals surface area contributed by atoms with Crippen LogP contribution in [-0.2, 0) is 6.54 Å². The quantitative estimate of drug-likeness (QED) is 0.755. The topological polar surface area (TPSA) is 90.5 Å². The first-order chi connectivity index (χ1) is 10.3. The fraction of sp³-hybridized carbons (Fsp3) is 0.400. The van der Waals surface area contributed by atoms with Crippen LogP contribution in [0.25, 0.3) is 11.5 Å². The normalized spacial score (nSPS) is 11.0. The summed E-state index contributed by atoms with van der Waals surface area (Å²) in [5.41, 5.74) is 12.9. The predicted octanol–water partition coefficient (Wildman–Crippen LogP) is 1.07. The molecule has 0 atom stereocenters. The highest BCUT2D eigenvalue weighted by molar-refractivity contribution is 5.62. The van der Waals surface area contributed by atoms with Crippen molar-refractivity contribution in [2.45, 2.75) is 6.54 Å². The zero-order chi connectivity index (χ0) is 15.1. The molecule has 0 aliphatic rings. The van der Waals surface area contributed by atoms with Gasteiger partial charge in [0.15, 0.2) is 0 Å². The lowest BCUT2D eigenvalue weighted by Gasteiger charge is -2.18. The van der Waals surface area contributed by atoms with E-state index in [-0.39, 0.29) is 0 Å². The number of nitrogens with zero attached hydrogens (tertiary/aromatic N) is 2. The standard InChI is InChI=1S/C15H22N4O2/c1-20-14-5-3-2-4-13(14)15-18-12(11-21-15)10-19(8-6-16)9-7-17/h2-5,11H,6-10,16-17H2,1H3. The molecular weight excluding hydrogens is 268 g/mol. The Morgan fingerprint density at radius 1 is 1.19 bits per heavy atom. The number of para-hydroxylation sites is 1. The summed E-state index contributed by atoms with van der Waals surface area (Å²) in [6.45, 7) is 3.43. The van der Waals surface area contributed by atoms with Gasteiger partial charge in [-0.3, -0.25) is 4.90 Å². The van der Waals surface area contributed by atoms with Gasteiger partial charge in [-0.15, -0.1) is 0 Å². The van der Waals surface area contributed by atoms with Gasteiger partial charge < -0.3 is 20.6 Å². The first-order valence-electron chi connectivity index (χ1n) is 6.98. The Balaban J connectivity index is 2.13. The monoisotopic (exact) mass is 290 g/mol. The van der Waals surface area contributed by atoms with Crippen molar-refractivity contribution in [3.63, 3.8) is 0 Å². The lowest BCUT2D eigenvalue weighted by Crippen LogP contribution is -2.33. The van der Waals surface area contributed by atoms with E-state index in [2.05, 4.69) is 9.88 Å². The van der Waals surface area contributed by atoms with Crippen LogP contribution < -0.4 is 16.2 Å². The minimum atomic E-state index is 0.558. The highest BCUT2D eigenvalue weighted by atomic mass is 16.5. The number of hydrogen-bond donors (Lipinski definition) is 2. The summed E-state index contributed by atoms with van der Waals surface area (Å²) < 4.78 is 10.9. The van der Waals surface area contributed by atoms with Crippen LogP contribution in [0.4, 0.5) is 0 Å². The van der Waals surface area contributed by atoms with Crippen molar-refractivity contribution in [2.75, 3.05) is 33.3 Å². The van der Waals surface area contributed by atoms with Gasteiger partial charge in [0.1, 0.15) is 12.0 Å². The van der Waals surface area contributed by atoms with Gasteiger partial charge in [0.2, 0.25) is 5.89 Å². The van der Waals surface area contributed by atoms with Gasteiger partial charge in [-0.2, -0.15) is 0 Å². The lowest BCUT2D eigenvalue weighted by atomic mass is 10.2. The average molecular weight is 290 g/mol. The van der Waals surface area contributed by atoms with E-state index >= 15 is 0 Å². The van der Waals surface area contributed by atoms with Crippen LogP contribution >= 0.6 is 0 Å². The summed E-state index contributed by atoms with van der Waals surface area (Å²) in [5.74, 6) is 1.30. The van der Waals surface area contributed by atoms with Crippen molar-refractivity contribution >= 4 is 0 Å². The van der Waals surface area contributed by atoms with E-state index in [9.17, 15) is 0 Å². The number of rotatable bonds is 8. The highest BCUT2D eigenvalue weighted by Gasteiger charge is 2.13. The summed E-state index contributed by atoms with van der Waals surface area (Å²) in [6, 6.07) is 7.65. The van der Waals surface area contributed by atoms with E-state index in [0.717, 1.165) is 30.1 Å². The number of methoxy groups -OCH3 is 1. The van der Waals surface area contributed by atoms with Crippen molar-refractivity contribution in [1.82, 2.24) is 9.88 Å². The molecule has 0 saturated heterocycles. The first kappa shape index (κ1) is 15.5. The SMILES string of the molecule is COc1ccccc1-c1nc(CN(CCN)CCN)co1. The van der Waals surface area contributed by atoms with E-state index in [1.165, 1.54) is 0 Å². The summed E-state index contributed by atoms with van der Waals surface area (Å²) in [5, 5.41) is 0. The van der Waals surface area contributed by atoms with Gasteiger partial charge in [0.05, 0.1) is 18.4 Å². The molecule has 21 heavy (non-hydrogen) atoms. The summed E-state index contributed by atoms with van der Waals surface area (Å²) >= 11 is 0. The molecule has 114 valence electrons. The Labute approximate surface area is 124 Å². The molecule has 4 N–H and O–H groups in total. The van der Waals surface area contributed by atoms with Crippen LogP contribution in [-0.4, -0.2) is 43.2 Å². The van der Waals surface area contributed by atoms with Gasteiger partial charge in [-0.05, 0) is 12.1 Å². The second kappa shape index (κ2) is 7.78. The maximum Gasteiger partial charge on any atom is 0.229 e. The minimum absolute atomic E-state index is 0.558. The molecular formula is C15H22N4O2. The fourth-order valence-electron chi connectivity index (χ4n) is 2.19. The molecule has 6 nitrogen and oxygen atoms in total. The predicted molar refractivity (Wildman–Crippen MR) is 81.9 cm³/mol. The van der Waals surface area contributed by atoms with Crippen molar-refractivity contribution in [3.8, 4) is 17.2 Å². The lowest BCUT2D eigenvalue weighted by molar-refractivity contribution is 0.277. The molecule has 2 aromatic rings. The van der Waals surface area contributed by atoms with Crippen LogP contribution in [0.1, 0.15) is 5.69 Å². The van der Waals surface area contributed by atoms with Crippen LogP contribution in [0.15, 0.2) is 34.9 Å². The maximum absolute atomic E-state index is 5.60. The van der Waals surface area contributed by atoms with Gasteiger partial charge in [0, 0.05) is 32.7 Å². The summed E-state index contributed by atoms with van der Waals surface area (Å²) in [7, 11) is 1.63. The molecule has 1 aromatic carbocycles. The molecule has 0 spiro atoms. The fourth-order valence-corrected chi connectivity index (χ4v) is 2.19. The molecule has 0 unspecified atom stereocenters. The first-order valence-corrected chi connectivity index (χ1v) is 6.98. The smallest absolute Gasteiger partial charge is 0.229 e. The van der Waals surface area contributed by atoms with Crippen LogP contribution in [0.5, 0.6) is 5.75 Å². The second-order valence-electron chi connectivity index (χ2n) is 4.70. The number of ether oxygens (including phenoxy) is 1. The third-order valence-electron chi connectivity index (χ3n) is 3.17. The van der Waals surface area contributed by atoms with Gasteiger partial charge in [0.25, 0.3) is 0 Å². The molecule has 1 heterocycles. The molecule has 0 amide bonds. The van der Waals surface area contributed by atoms with E-state index in [1.54, 1.807) is 13.4 Å². The Bertz CT molecular complexity index is 550. The molecule has 1 aromatic heterocycles. The zero-order valence-corrected chi connectivity index (χ0v) is 12.3. The van der Waals surface area contributed by atoms with Crippen LogP contribution in [0, 0.1) is 0 Å². The number of hydrogen-bond acceptors (Lipinski definition) is 6. The molecule has 0 aliphatic carbocycles. The van der Waals surface area contributed by atoms with Gasteiger partial charge >= 0.3 is 0 Å². The average Bonchev–Trinajstić information content (AvgIpc) is 2.96. The van der Waals surface area contributed by atoms with E-state index in [1.807, 2.05) is 24.3 Å². The second-order valence-corrected chi connectivity index (χ2v) is 4.70. The van der Waals surface area contributed by atoms with Crippen LogP contribution in [0.2, 0.25) is 0 Å². The van der Waals surface area contributed by atoms with Crippen LogP contribution in [0.3, 0.4) is 0 Å². The van der Waals surface area contributed by atoms with Gasteiger partial charge in [-0.1, -0.05) is 12.1 Å². The Morgan fingerprint density at radius 2 is 1.90 bits per heavy atom. The molecule has 2 rings (SSSR count). The highest BCUT2D eigenvalue weighted by Crippen LogP contribution is 2.28. The van der Waals surface area contributed by atoms with Crippen molar-refractivity contribution < 1.29 is 9.15 Å². The van der Waals surface area contributed by atoms with Crippen molar-refractivity contribution in [2.24, 2.45) is 11.5 Å². The van der Waals surface area contributed by atoms with E-state index in [4.69, 9.17) is 20.6 Å². The Morgan fingerprint density at radius 3 is 2.57 bits per heavy atom. The molecule has 6 heteroatoms. The molecule has 0 aliphatic heterocycles. The molecule has 0 saturated carbocycles. The Kier molecular flexibility index (Phi) is 5.74. The number of aromatic nitrogens is 1. The van der Waals surface area contributed by atoms with Gasteiger partial charge in [-0.25, -0.2) is 4.98 Å². The van der Waals surface area contributed by atoms with E-state index in [0.29, 0.717) is 25.5 Å². The number of oxazole rings is 1. The van der Waals surface area contributed by atoms with Crippen molar-refractivity contribution in [3.05, 3.63) is 36.2 Å².